The highest BCUT2D eigenvalue weighted by molar-refractivity contribution is 6.40. The summed E-state index contributed by atoms with van der Waals surface area (Å²) in [5, 5.41) is 17.5. The van der Waals surface area contributed by atoms with Crippen LogP contribution in [0.25, 0.3) is 121 Å². The minimum absolute atomic E-state index is 0.561. The van der Waals surface area contributed by atoms with Crippen molar-refractivity contribution in [2.75, 3.05) is 0 Å². The fourth-order valence-electron chi connectivity index (χ4n) is 8.99. The van der Waals surface area contributed by atoms with Gasteiger partial charge in [-0.3, -0.25) is 9.97 Å². The molecule has 0 atom stereocenters. The summed E-state index contributed by atoms with van der Waals surface area (Å²) >= 11 is 6.51. The van der Waals surface area contributed by atoms with Crippen LogP contribution < -0.4 is 4.65 Å². The monoisotopic (exact) mass is 901 g/mol. The molecule has 8 nitrogen and oxygen atoms in total. The molecule has 0 unspecified atom stereocenters. The van der Waals surface area contributed by atoms with Gasteiger partial charge in [-0.1, -0.05) is 145 Å². The lowest BCUT2D eigenvalue weighted by atomic mass is 9.96. The molecular weight excluding hydrogens is 867 g/mol. The van der Waals surface area contributed by atoms with Crippen molar-refractivity contribution in [1.82, 2.24) is 9.97 Å². The summed E-state index contributed by atoms with van der Waals surface area (Å²) in [5.74, 6) is 0.561. The molecule has 1 N–H and O–H groups in total. The van der Waals surface area contributed by atoms with Gasteiger partial charge in [0.1, 0.15) is 28.1 Å². The van der Waals surface area contributed by atoms with E-state index in [1.165, 1.54) is 0 Å². The average molecular weight is 902 g/mol. The highest BCUT2D eigenvalue weighted by atomic mass is 35.5. The second-order valence-electron chi connectivity index (χ2n) is 16.1. The Morgan fingerprint density at radius 2 is 0.838 bits per heavy atom. The van der Waals surface area contributed by atoms with Crippen LogP contribution in [0, 0.1) is 0 Å². The number of benzene rings is 8. The van der Waals surface area contributed by atoms with Crippen LogP contribution in [-0.2, 0) is 0 Å². The maximum absolute atomic E-state index is 8.51. The molecule has 14 aromatic rings. The molecule has 6 aromatic heterocycles. The molecule has 0 amide bonds. The van der Waals surface area contributed by atoms with Crippen molar-refractivity contribution in [3.05, 3.63) is 212 Å². The predicted molar refractivity (Wildman–Crippen MR) is 274 cm³/mol. The Balaban J connectivity index is 0.000000115. The maximum Gasteiger partial charge on any atom is 0.569 e. The van der Waals surface area contributed by atoms with Gasteiger partial charge in [0.25, 0.3) is 0 Å². The number of hydrogen-bond acceptors (Lipinski definition) is 8. The van der Waals surface area contributed by atoms with E-state index in [0.717, 1.165) is 121 Å². The molecule has 0 saturated carbocycles. The van der Waals surface area contributed by atoms with Gasteiger partial charge in [0.05, 0.1) is 21.8 Å². The number of halogens is 1. The van der Waals surface area contributed by atoms with Crippen molar-refractivity contribution in [2.24, 2.45) is 0 Å². The van der Waals surface area contributed by atoms with Crippen LogP contribution in [0.1, 0.15) is 0 Å². The Labute approximate surface area is 393 Å². The SMILES string of the molecule is Clc1cc2c3ccccc3oc2c2oc3ccccc3c12.O[B]Oc1ccnc(-c2ccccc2)c1.c1ccc(-c2cc(-c3cc4c5ccccc5oc4c4oc5ccccc5c34)ccn2)cc1. The van der Waals surface area contributed by atoms with Gasteiger partial charge in [-0.2, -0.15) is 0 Å². The molecule has 68 heavy (non-hydrogen) atoms. The Morgan fingerprint density at radius 3 is 1.41 bits per heavy atom. The lowest BCUT2D eigenvalue weighted by molar-refractivity contribution is 0.453. The molecular formula is C58H35BClN2O6. The van der Waals surface area contributed by atoms with E-state index in [4.69, 9.17) is 38.9 Å². The van der Waals surface area contributed by atoms with Crippen molar-refractivity contribution in [2.45, 2.75) is 0 Å². The van der Waals surface area contributed by atoms with Crippen LogP contribution in [0.2, 0.25) is 5.02 Å². The third-order valence-electron chi connectivity index (χ3n) is 12.1. The van der Waals surface area contributed by atoms with E-state index < -0.39 is 0 Å². The smallest absolute Gasteiger partial charge is 0.537 e. The molecule has 6 heterocycles. The minimum atomic E-state index is 0.561. The minimum Gasteiger partial charge on any atom is -0.537 e. The number of aromatic nitrogens is 2. The molecule has 1 radical (unpaired) electrons. The zero-order valence-corrected chi connectivity index (χ0v) is 36.7. The van der Waals surface area contributed by atoms with Gasteiger partial charge >= 0.3 is 7.69 Å². The topological polar surface area (TPSA) is 108 Å². The standard InChI is InChI=1S/C29H17NO2.C18H9ClO2.C11H9BNO2/c1-2-8-18(9-3-1)24-16-19(14-15-30-24)22-17-23-20-10-4-6-12-25(20)31-28(23)29-27(22)21-11-5-7-13-26(21)32-29;19-13-9-12-10-5-1-3-7-14(10)20-17(12)18-16(13)11-6-2-4-8-15(11)21-18;14-12-15-10-6-7-13-11(8-10)9-4-2-1-3-5-9/h1-17H;1-9H;1-8,14H. The number of fused-ring (bicyclic) bond motifs is 14. The highest BCUT2D eigenvalue weighted by Crippen LogP contribution is 2.45. The lowest BCUT2D eigenvalue weighted by Gasteiger charge is -2.08. The van der Waals surface area contributed by atoms with Crippen molar-refractivity contribution >= 4 is 107 Å². The van der Waals surface area contributed by atoms with E-state index in [9.17, 15) is 0 Å². The van der Waals surface area contributed by atoms with E-state index in [-0.39, 0.29) is 0 Å². The molecule has 0 aliphatic heterocycles. The first-order chi connectivity index (χ1) is 33.6. The summed E-state index contributed by atoms with van der Waals surface area (Å²) < 4.78 is 29.5. The third-order valence-corrected chi connectivity index (χ3v) is 12.4. The first-order valence-electron chi connectivity index (χ1n) is 21.9. The molecule has 0 bridgehead atoms. The number of para-hydroxylation sites is 4. The normalized spacial score (nSPS) is 11.4. The van der Waals surface area contributed by atoms with Gasteiger partial charge in [0, 0.05) is 67.3 Å². The quantitative estimate of drug-likeness (QED) is 0.170. The van der Waals surface area contributed by atoms with Crippen LogP contribution >= 0.6 is 11.6 Å². The van der Waals surface area contributed by atoms with Gasteiger partial charge in [-0.15, -0.1) is 0 Å². The van der Waals surface area contributed by atoms with E-state index in [1.807, 2.05) is 146 Å². The van der Waals surface area contributed by atoms with Crippen molar-refractivity contribution in [1.29, 1.82) is 0 Å². The Kier molecular flexibility index (Phi) is 10.4. The molecule has 323 valence electrons. The summed E-state index contributed by atoms with van der Waals surface area (Å²) in [5.41, 5.74) is 12.5. The van der Waals surface area contributed by atoms with Gasteiger partial charge in [-0.25, -0.2) is 0 Å². The second-order valence-corrected chi connectivity index (χ2v) is 16.5. The lowest BCUT2D eigenvalue weighted by Crippen LogP contribution is -1.99. The maximum atomic E-state index is 8.51. The van der Waals surface area contributed by atoms with Gasteiger partial charge in [0.15, 0.2) is 22.3 Å². The van der Waals surface area contributed by atoms with Crippen molar-refractivity contribution in [3.8, 4) is 39.4 Å². The van der Waals surface area contributed by atoms with E-state index in [1.54, 1.807) is 18.3 Å². The zero-order valence-electron chi connectivity index (χ0n) is 36.0. The van der Waals surface area contributed by atoms with E-state index in [2.05, 4.69) is 52.4 Å². The molecule has 0 aliphatic carbocycles. The van der Waals surface area contributed by atoms with Crippen LogP contribution in [0.3, 0.4) is 0 Å². The highest BCUT2D eigenvalue weighted by Gasteiger charge is 2.21. The number of furan rings is 4. The van der Waals surface area contributed by atoms with Crippen LogP contribution in [0.4, 0.5) is 0 Å². The van der Waals surface area contributed by atoms with E-state index in [0.29, 0.717) is 18.5 Å². The summed E-state index contributed by atoms with van der Waals surface area (Å²) in [6.07, 6.45) is 3.52. The summed E-state index contributed by atoms with van der Waals surface area (Å²) in [7, 11) is 0.657. The summed E-state index contributed by atoms with van der Waals surface area (Å²) in [6, 6.07) is 64.1. The van der Waals surface area contributed by atoms with Crippen molar-refractivity contribution < 1.29 is 27.3 Å². The molecule has 0 spiro atoms. The molecule has 8 aromatic carbocycles. The molecule has 10 heteroatoms. The Hall–Kier alpha value is -8.63. The first-order valence-corrected chi connectivity index (χ1v) is 22.3. The molecule has 0 fully saturated rings. The Morgan fingerprint density at radius 1 is 0.397 bits per heavy atom. The largest absolute Gasteiger partial charge is 0.569 e. The van der Waals surface area contributed by atoms with Gasteiger partial charge < -0.3 is 27.3 Å². The summed E-state index contributed by atoms with van der Waals surface area (Å²) in [6.45, 7) is 0. The van der Waals surface area contributed by atoms with Crippen LogP contribution in [0.15, 0.2) is 224 Å². The zero-order chi connectivity index (χ0) is 45.6. The number of hydrogen-bond donors (Lipinski definition) is 1. The first kappa shape index (κ1) is 40.9. The molecule has 0 saturated heterocycles. The Bertz CT molecular complexity index is 4140. The number of rotatable bonds is 5. The average Bonchev–Trinajstić information content (AvgIpc) is 4.18. The van der Waals surface area contributed by atoms with Gasteiger partial charge in [0.2, 0.25) is 0 Å². The van der Waals surface area contributed by atoms with Crippen LogP contribution in [0.5, 0.6) is 5.75 Å². The third kappa shape index (κ3) is 7.27. The van der Waals surface area contributed by atoms with Crippen LogP contribution in [-0.4, -0.2) is 22.7 Å². The fraction of sp³-hybridized carbons (Fsp3) is 0. The molecule has 14 rings (SSSR count). The van der Waals surface area contributed by atoms with Crippen molar-refractivity contribution in [3.63, 3.8) is 0 Å². The predicted octanol–water partition coefficient (Wildman–Crippen LogP) is 16.0. The second kappa shape index (κ2) is 17.3. The summed E-state index contributed by atoms with van der Waals surface area (Å²) in [4.78, 5) is 8.84. The number of pyridine rings is 2. The van der Waals surface area contributed by atoms with Gasteiger partial charge in [-0.05, 0) is 65.7 Å². The van der Waals surface area contributed by atoms with E-state index >= 15 is 0 Å². The number of nitrogens with zero attached hydrogens (tertiary/aromatic N) is 2. The fourth-order valence-corrected chi connectivity index (χ4v) is 9.29. The molecule has 0 aliphatic rings.